The molecule has 0 bridgehead atoms. The van der Waals surface area contributed by atoms with E-state index in [1.54, 1.807) is 23.9 Å². The maximum atomic E-state index is 4.53. The highest BCUT2D eigenvalue weighted by Gasteiger charge is 2.03. The zero-order chi connectivity index (χ0) is 12.4. The van der Waals surface area contributed by atoms with Crippen LogP contribution in [0.5, 0.6) is 0 Å². The summed E-state index contributed by atoms with van der Waals surface area (Å²) in [7, 11) is 0. The van der Waals surface area contributed by atoms with Gasteiger partial charge in [0.05, 0.1) is 22.5 Å². The van der Waals surface area contributed by atoms with E-state index in [0.717, 1.165) is 16.3 Å². The summed E-state index contributed by atoms with van der Waals surface area (Å²) in [6.07, 6.45) is 3.30. The summed E-state index contributed by atoms with van der Waals surface area (Å²) in [4.78, 5) is 12.6. The Balaban J connectivity index is 1.79. The second-order valence-electron chi connectivity index (χ2n) is 4.04. The van der Waals surface area contributed by atoms with E-state index in [0.29, 0.717) is 6.54 Å². The van der Waals surface area contributed by atoms with Gasteiger partial charge < -0.3 is 5.32 Å². The van der Waals surface area contributed by atoms with Crippen LogP contribution in [0.25, 0.3) is 10.2 Å². The van der Waals surface area contributed by atoms with Gasteiger partial charge in [-0.05, 0) is 30.7 Å². The Bertz CT molecular complexity index is 663. The van der Waals surface area contributed by atoms with Crippen LogP contribution in [0.4, 0.5) is 5.13 Å². The Kier molecular flexibility index (Phi) is 2.90. The van der Waals surface area contributed by atoms with Gasteiger partial charge in [-0.2, -0.15) is 0 Å². The number of aromatic nitrogens is 3. The van der Waals surface area contributed by atoms with Crippen molar-refractivity contribution >= 4 is 26.7 Å². The van der Waals surface area contributed by atoms with Crippen LogP contribution in [0, 0.1) is 6.92 Å². The monoisotopic (exact) mass is 256 g/mol. The Hall–Kier alpha value is -2.01. The highest BCUT2D eigenvalue weighted by Crippen LogP contribution is 2.26. The maximum Gasteiger partial charge on any atom is 0.184 e. The minimum absolute atomic E-state index is 0.668. The molecule has 0 fully saturated rings. The molecule has 0 aliphatic heterocycles. The zero-order valence-corrected chi connectivity index (χ0v) is 10.7. The van der Waals surface area contributed by atoms with Crippen LogP contribution in [-0.4, -0.2) is 15.0 Å². The van der Waals surface area contributed by atoms with Crippen molar-refractivity contribution in [2.24, 2.45) is 0 Å². The Morgan fingerprint density at radius 3 is 3.06 bits per heavy atom. The summed E-state index contributed by atoms with van der Waals surface area (Å²) in [5, 5.41) is 4.21. The molecule has 18 heavy (non-hydrogen) atoms. The number of benzene rings is 1. The van der Waals surface area contributed by atoms with E-state index in [1.165, 1.54) is 10.3 Å². The Morgan fingerprint density at radius 2 is 2.22 bits per heavy atom. The van der Waals surface area contributed by atoms with Crippen molar-refractivity contribution in [3.8, 4) is 0 Å². The van der Waals surface area contributed by atoms with E-state index in [2.05, 4.69) is 45.4 Å². The third-order valence-corrected chi connectivity index (χ3v) is 3.58. The maximum absolute atomic E-state index is 4.53. The highest BCUT2D eigenvalue weighted by molar-refractivity contribution is 7.22. The van der Waals surface area contributed by atoms with Crippen LogP contribution in [0.1, 0.15) is 11.3 Å². The fraction of sp³-hybridized carbons (Fsp3) is 0.154. The molecule has 0 unspecified atom stereocenters. The fourth-order valence-corrected chi connectivity index (χ4v) is 2.66. The lowest BCUT2D eigenvalue weighted by atomic mass is 10.2. The molecule has 90 valence electrons. The van der Waals surface area contributed by atoms with E-state index >= 15 is 0 Å². The van der Waals surface area contributed by atoms with Crippen LogP contribution in [0.3, 0.4) is 0 Å². The first-order valence-corrected chi connectivity index (χ1v) is 6.49. The zero-order valence-electron chi connectivity index (χ0n) is 9.92. The highest BCUT2D eigenvalue weighted by atomic mass is 32.1. The number of fused-ring (bicyclic) bond motifs is 1. The topological polar surface area (TPSA) is 50.7 Å². The van der Waals surface area contributed by atoms with Crippen LogP contribution in [-0.2, 0) is 6.54 Å². The first-order valence-electron chi connectivity index (χ1n) is 5.67. The van der Waals surface area contributed by atoms with Gasteiger partial charge in [0.2, 0.25) is 0 Å². The van der Waals surface area contributed by atoms with Gasteiger partial charge in [-0.15, -0.1) is 0 Å². The average molecular weight is 256 g/mol. The largest absolute Gasteiger partial charge is 0.356 e. The summed E-state index contributed by atoms with van der Waals surface area (Å²) < 4.78 is 1.21. The molecule has 0 amide bonds. The lowest BCUT2D eigenvalue weighted by molar-refractivity contribution is 1.00. The van der Waals surface area contributed by atoms with Crippen molar-refractivity contribution in [3.63, 3.8) is 0 Å². The van der Waals surface area contributed by atoms with Gasteiger partial charge in [0.25, 0.3) is 0 Å². The lowest BCUT2D eigenvalue weighted by Crippen LogP contribution is -2.00. The molecule has 0 radical (unpaired) electrons. The number of aryl methyl sites for hydroxylation is 1. The Labute approximate surface area is 109 Å². The molecular formula is C13H12N4S. The van der Waals surface area contributed by atoms with E-state index in [4.69, 9.17) is 0 Å². The van der Waals surface area contributed by atoms with Crippen molar-refractivity contribution in [1.29, 1.82) is 0 Å². The number of hydrogen-bond donors (Lipinski definition) is 1. The van der Waals surface area contributed by atoms with Crippen molar-refractivity contribution < 1.29 is 0 Å². The van der Waals surface area contributed by atoms with Crippen molar-refractivity contribution in [2.75, 3.05) is 5.32 Å². The number of hydrogen-bond acceptors (Lipinski definition) is 5. The van der Waals surface area contributed by atoms with Gasteiger partial charge in [-0.25, -0.2) is 15.0 Å². The molecule has 3 aromatic rings. The van der Waals surface area contributed by atoms with Crippen LogP contribution >= 0.6 is 11.3 Å². The molecule has 3 rings (SSSR count). The second kappa shape index (κ2) is 4.70. The molecule has 4 nitrogen and oxygen atoms in total. The van der Waals surface area contributed by atoms with Gasteiger partial charge in [-0.1, -0.05) is 17.4 Å². The first-order chi connectivity index (χ1) is 8.81. The second-order valence-corrected chi connectivity index (χ2v) is 5.08. The molecule has 5 heteroatoms. The molecule has 2 heterocycles. The van der Waals surface area contributed by atoms with E-state index in [-0.39, 0.29) is 0 Å². The standard InChI is InChI=1S/C13H12N4S/c1-9-2-3-11-12(6-9)18-13(17-11)15-7-10-4-5-14-8-16-10/h2-6,8H,7H2,1H3,(H,15,17). The molecular weight excluding hydrogens is 244 g/mol. The van der Waals surface area contributed by atoms with E-state index < -0.39 is 0 Å². The molecule has 0 aliphatic carbocycles. The lowest BCUT2D eigenvalue weighted by Gasteiger charge is -2.00. The number of nitrogens with zero attached hydrogens (tertiary/aromatic N) is 3. The quantitative estimate of drug-likeness (QED) is 0.782. The molecule has 2 aromatic heterocycles. The summed E-state index contributed by atoms with van der Waals surface area (Å²) in [6, 6.07) is 8.18. The van der Waals surface area contributed by atoms with Gasteiger partial charge >= 0.3 is 0 Å². The summed E-state index contributed by atoms with van der Waals surface area (Å²) in [5.41, 5.74) is 3.25. The van der Waals surface area contributed by atoms with Gasteiger partial charge in [0.1, 0.15) is 6.33 Å². The minimum atomic E-state index is 0.668. The molecule has 1 aromatic carbocycles. The summed E-state index contributed by atoms with van der Waals surface area (Å²) >= 11 is 1.67. The number of thiazole rings is 1. The number of rotatable bonds is 3. The van der Waals surface area contributed by atoms with Gasteiger partial charge in [0.15, 0.2) is 5.13 Å². The fourth-order valence-electron chi connectivity index (χ4n) is 1.70. The van der Waals surface area contributed by atoms with Crippen LogP contribution in [0.2, 0.25) is 0 Å². The summed E-state index contributed by atoms with van der Waals surface area (Å²) in [5.74, 6) is 0. The van der Waals surface area contributed by atoms with Crippen molar-refractivity contribution in [3.05, 3.63) is 48.0 Å². The first kappa shape index (κ1) is 11.1. The predicted molar refractivity (Wildman–Crippen MR) is 73.7 cm³/mol. The van der Waals surface area contributed by atoms with Crippen molar-refractivity contribution in [2.45, 2.75) is 13.5 Å². The third-order valence-electron chi connectivity index (χ3n) is 2.61. The molecule has 0 saturated heterocycles. The molecule has 0 aliphatic rings. The van der Waals surface area contributed by atoms with E-state index in [1.807, 2.05) is 6.07 Å². The molecule has 0 saturated carbocycles. The SMILES string of the molecule is Cc1ccc2nc(NCc3ccncn3)sc2c1. The Morgan fingerprint density at radius 1 is 1.28 bits per heavy atom. The number of nitrogens with one attached hydrogen (secondary N) is 1. The van der Waals surface area contributed by atoms with Crippen molar-refractivity contribution in [1.82, 2.24) is 15.0 Å². The molecule has 1 N–H and O–H groups in total. The predicted octanol–water partition coefficient (Wildman–Crippen LogP) is 3.01. The molecule has 0 atom stereocenters. The summed E-state index contributed by atoms with van der Waals surface area (Å²) in [6.45, 7) is 2.76. The van der Waals surface area contributed by atoms with Crippen LogP contribution in [0.15, 0.2) is 36.8 Å². The van der Waals surface area contributed by atoms with Gasteiger partial charge in [-0.3, -0.25) is 0 Å². The number of anilines is 1. The normalized spacial score (nSPS) is 10.7. The average Bonchev–Trinajstić information content (AvgIpc) is 2.79. The molecule has 0 spiro atoms. The minimum Gasteiger partial charge on any atom is -0.356 e. The third kappa shape index (κ3) is 2.31. The van der Waals surface area contributed by atoms with E-state index in [9.17, 15) is 0 Å². The van der Waals surface area contributed by atoms with Gasteiger partial charge in [0, 0.05) is 6.20 Å². The van der Waals surface area contributed by atoms with Crippen LogP contribution < -0.4 is 5.32 Å². The smallest absolute Gasteiger partial charge is 0.184 e.